The van der Waals surface area contributed by atoms with Crippen molar-refractivity contribution in [3.05, 3.63) is 58.4 Å². The molecule has 0 amide bonds. The summed E-state index contributed by atoms with van der Waals surface area (Å²) in [5, 5.41) is 28.8. The molecule has 2 aromatic rings. The average molecular weight is 305 g/mol. The number of benzene rings is 1. The summed E-state index contributed by atoms with van der Waals surface area (Å²) in [6, 6.07) is 10.1. The zero-order chi connectivity index (χ0) is 15.2. The number of aromatic hydroxyl groups is 1. The number of pyridine rings is 1. The summed E-state index contributed by atoms with van der Waals surface area (Å²) in [5.41, 5.74) is 3.33. The van der Waals surface area contributed by atoms with E-state index in [9.17, 15) is 15.3 Å². The van der Waals surface area contributed by atoms with Crippen molar-refractivity contribution in [2.75, 3.05) is 0 Å². The van der Waals surface area contributed by atoms with Gasteiger partial charge in [-0.2, -0.15) is 11.8 Å². The normalized spacial score (nSPS) is 10.8. The second kappa shape index (κ2) is 7.45. The van der Waals surface area contributed by atoms with Gasteiger partial charge in [0.2, 0.25) is 0 Å². The maximum Gasteiger partial charge on any atom is 0.142 e. The third kappa shape index (κ3) is 3.75. The van der Waals surface area contributed by atoms with E-state index in [0.717, 1.165) is 11.4 Å². The van der Waals surface area contributed by atoms with Crippen molar-refractivity contribution in [3.8, 4) is 5.75 Å². The van der Waals surface area contributed by atoms with Gasteiger partial charge < -0.3 is 15.3 Å². The van der Waals surface area contributed by atoms with Crippen LogP contribution in [0.5, 0.6) is 5.75 Å². The van der Waals surface area contributed by atoms with E-state index in [-0.39, 0.29) is 19.0 Å². The smallest absolute Gasteiger partial charge is 0.142 e. The second-order valence-corrected chi connectivity index (χ2v) is 5.73. The summed E-state index contributed by atoms with van der Waals surface area (Å²) >= 11 is 1.69. The number of aliphatic hydroxyl groups excluding tert-OH is 2. The zero-order valence-electron chi connectivity index (χ0n) is 11.9. The molecule has 0 saturated heterocycles. The largest absolute Gasteiger partial charge is 0.506 e. The van der Waals surface area contributed by atoms with E-state index < -0.39 is 0 Å². The van der Waals surface area contributed by atoms with Crippen LogP contribution in [0.4, 0.5) is 0 Å². The Morgan fingerprint density at radius 1 is 1.00 bits per heavy atom. The summed E-state index contributed by atoms with van der Waals surface area (Å²) in [6.07, 6.45) is 0. The minimum Gasteiger partial charge on any atom is -0.506 e. The van der Waals surface area contributed by atoms with Crippen LogP contribution in [0.1, 0.15) is 28.1 Å². The summed E-state index contributed by atoms with van der Waals surface area (Å²) in [6.45, 7) is 1.15. The first kappa shape index (κ1) is 15.8. The molecule has 0 spiro atoms. The Morgan fingerprint density at radius 3 is 2.29 bits per heavy atom. The van der Waals surface area contributed by atoms with Crippen LogP contribution in [0.3, 0.4) is 0 Å². The molecule has 3 N–H and O–H groups in total. The van der Waals surface area contributed by atoms with E-state index in [0.29, 0.717) is 22.6 Å². The SMILES string of the molecule is Cc1nc(CSCc2ccccc2)c(CO)c(CO)c1O. The Balaban J connectivity index is 2.14. The molecule has 112 valence electrons. The van der Waals surface area contributed by atoms with E-state index in [2.05, 4.69) is 17.1 Å². The monoisotopic (exact) mass is 305 g/mol. The molecule has 1 aromatic carbocycles. The van der Waals surface area contributed by atoms with Crippen LogP contribution < -0.4 is 0 Å². The fourth-order valence-electron chi connectivity index (χ4n) is 2.17. The molecule has 5 heteroatoms. The number of nitrogens with zero attached hydrogens (tertiary/aromatic N) is 1. The van der Waals surface area contributed by atoms with Gasteiger partial charge >= 0.3 is 0 Å². The van der Waals surface area contributed by atoms with Gasteiger partial charge in [0.05, 0.1) is 24.6 Å². The predicted molar refractivity (Wildman–Crippen MR) is 83.9 cm³/mol. The highest BCUT2D eigenvalue weighted by atomic mass is 32.2. The van der Waals surface area contributed by atoms with Crippen molar-refractivity contribution in [1.29, 1.82) is 0 Å². The lowest BCUT2D eigenvalue weighted by Crippen LogP contribution is -2.05. The van der Waals surface area contributed by atoms with Crippen LogP contribution >= 0.6 is 11.8 Å². The van der Waals surface area contributed by atoms with E-state index in [1.165, 1.54) is 5.56 Å². The molecule has 0 fully saturated rings. The lowest BCUT2D eigenvalue weighted by atomic mass is 10.1. The van der Waals surface area contributed by atoms with Crippen LogP contribution in [0, 0.1) is 6.92 Å². The van der Waals surface area contributed by atoms with E-state index >= 15 is 0 Å². The number of aryl methyl sites for hydroxylation is 1. The summed E-state index contributed by atoms with van der Waals surface area (Å²) in [4.78, 5) is 4.34. The topological polar surface area (TPSA) is 73.6 Å². The van der Waals surface area contributed by atoms with Gasteiger partial charge in [0, 0.05) is 22.6 Å². The first-order valence-electron chi connectivity index (χ1n) is 6.71. The molecule has 0 radical (unpaired) electrons. The van der Waals surface area contributed by atoms with Gasteiger partial charge in [-0.15, -0.1) is 0 Å². The number of thioether (sulfide) groups is 1. The molecular weight excluding hydrogens is 286 g/mol. The Hall–Kier alpha value is -1.56. The Labute approximate surface area is 128 Å². The number of hydrogen-bond acceptors (Lipinski definition) is 5. The molecule has 0 aliphatic rings. The molecule has 21 heavy (non-hydrogen) atoms. The van der Waals surface area contributed by atoms with Gasteiger partial charge in [-0.05, 0) is 12.5 Å². The molecule has 0 atom stereocenters. The fraction of sp³-hybridized carbons (Fsp3) is 0.312. The van der Waals surface area contributed by atoms with Gasteiger partial charge in [-0.3, -0.25) is 4.98 Å². The molecule has 0 aliphatic heterocycles. The van der Waals surface area contributed by atoms with Crippen molar-refractivity contribution in [1.82, 2.24) is 4.98 Å². The average Bonchev–Trinajstić information content (AvgIpc) is 2.51. The molecule has 0 bridgehead atoms. The van der Waals surface area contributed by atoms with Crippen molar-refractivity contribution in [3.63, 3.8) is 0 Å². The molecule has 1 heterocycles. The zero-order valence-corrected chi connectivity index (χ0v) is 12.7. The molecule has 0 aliphatic carbocycles. The van der Waals surface area contributed by atoms with Crippen LogP contribution in [0.25, 0.3) is 0 Å². The first-order chi connectivity index (χ1) is 10.2. The molecule has 2 rings (SSSR count). The van der Waals surface area contributed by atoms with E-state index in [1.807, 2.05) is 18.2 Å². The maximum absolute atomic E-state index is 9.90. The lowest BCUT2D eigenvalue weighted by molar-refractivity contribution is 0.253. The lowest BCUT2D eigenvalue weighted by Gasteiger charge is -2.14. The third-order valence-electron chi connectivity index (χ3n) is 3.31. The van der Waals surface area contributed by atoms with Gasteiger partial charge in [-0.1, -0.05) is 30.3 Å². The van der Waals surface area contributed by atoms with Crippen LogP contribution in [0.15, 0.2) is 30.3 Å². The van der Waals surface area contributed by atoms with Crippen LogP contribution in [-0.4, -0.2) is 20.3 Å². The fourth-order valence-corrected chi connectivity index (χ4v) is 3.14. The number of hydrogen-bond donors (Lipinski definition) is 3. The summed E-state index contributed by atoms with van der Waals surface area (Å²) in [7, 11) is 0. The van der Waals surface area contributed by atoms with Crippen LogP contribution in [0.2, 0.25) is 0 Å². The standard InChI is InChI=1S/C16H19NO3S/c1-11-16(20)14(8-19)13(7-18)15(17-11)10-21-9-12-5-3-2-4-6-12/h2-6,18-20H,7-10H2,1H3. The maximum atomic E-state index is 9.90. The minimum absolute atomic E-state index is 0.0293. The highest BCUT2D eigenvalue weighted by Gasteiger charge is 2.16. The predicted octanol–water partition coefficient (Wildman–Crippen LogP) is 2.51. The number of aromatic nitrogens is 1. The van der Waals surface area contributed by atoms with E-state index in [1.54, 1.807) is 18.7 Å². The van der Waals surface area contributed by atoms with Crippen molar-refractivity contribution >= 4 is 11.8 Å². The first-order valence-corrected chi connectivity index (χ1v) is 7.86. The number of rotatable bonds is 6. The molecular formula is C16H19NO3S. The van der Waals surface area contributed by atoms with Gasteiger partial charge in [0.15, 0.2) is 0 Å². The molecule has 4 nitrogen and oxygen atoms in total. The highest BCUT2D eigenvalue weighted by molar-refractivity contribution is 7.97. The van der Waals surface area contributed by atoms with Crippen molar-refractivity contribution < 1.29 is 15.3 Å². The molecule has 0 saturated carbocycles. The van der Waals surface area contributed by atoms with E-state index in [4.69, 9.17) is 0 Å². The van der Waals surface area contributed by atoms with Gasteiger partial charge in [-0.25, -0.2) is 0 Å². The summed E-state index contributed by atoms with van der Waals surface area (Å²) < 4.78 is 0. The Kier molecular flexibility index (Phi) is 5.61. The third-order valence-corrected chi connectivity index (χ3v) is 4.33. The quantitative estimate of drug-likeness (QED) is 0.765. The number of aliphatic hydroxyl groups is 2. The second-order valence-electron chi connectivity index (χ2n) is 4.74. The molecule has 0 unspecified atom stereocenters. The molecule has 1 aromatic heterocycles. The van der Waals surface area contributed by atoms with Gasteiger partial charge in [0.25, 0.3) is 0 Å². The Morgan fingerprint density at radius 2 is 1.67 bits per heavy atom. The van der Waals surface area contributed by atoms with Crippen molar-refractivity contribution in [2.45, 2.75) is 31.6 Å². The minimum atomic E-state index is -0.304. The summed E-state index contributed by atoms with van der Waals surface area (Å²) in [5.74, 6) is 1.44. The Bertz CT molecular complexity index is 602. The van der Waals surface area contributed by atoms with Crippen molar-refractivity contribution in [2.24, 2.45) is 0 Å². The van der Waals surface area contributed by atoms with Gasteiger partial charge in [0.1, 0.15) is 5.75 Å². The van der Waals surface area contributed by atoms with Crippen LogP contribution in [-0.2, 0) is 24.7 Å². The highest BCUT2D eigenvalue weighted by Crippen LogP contribution is 2.29.